The van der Waals surface area contributed by atoms with E-state index in [1.165, 1.54) is 0 Å². The zero-order valence-electron chi connectivity index (χ0n) is 16.9. The van der Waals surface area contributed by atoms with E-state index in [2.05, 4.69) is 67.1 Å². The molecule has 0 aliphatic heterocycles. The van der Waals surface area contributed by atoms with Crippen molar-refractivity contribution in [1.82, 2.24) is 9.97 Å². The lowest BCUT2D eigenvalue weighted by Gasteiger charge is -2.12. The van der Waals surface area contributed by atoms with Crippen molar-refractivity contribution in [1.29, 1.82) is 0 Å². The molecule has 0 unspecified atom stereocenters. The molecular weight excluding hydrogens is 344 g/mol. The third-order valence-corrected chi connectivity index (χ3v) is 4.75. The lowest BCUT2D eigenvalue weighted by atomic mass is 9.98. The highest BCUT2D eigenvalue weighted by atomic mass is 14.7. The van der Waals surface area contributed by atoms with Gasteiger partial charge in [0.1, 0.15) is 0 Å². The van der Waals surface area contributed by atoms with Crippen LogP contribution >= 0.6 is 0 Å². The summed E-state index contributed by atoms with van der Waals surface area (Å²) in [6.45, 7) is 7.31. The summed E-state index contributed by atoms with van der Waals surface area (Å²) in [5, 5.41) is 1.12. The molecule has 0 bridgehead atoms. The van der Waals surface area contributed by atoms with Gasteiger partial charge in [0.25, 0.3) is 0 Å². The summed E-state index contributed by atoms with van der Waals surface area (Å²) in [5.74, 6) is 0.633. The molecule has 4 heteroatoms. The smallest absolute Gasteiger partial charge is 0.0785 e. The molecule has 0 saturated heterocycles. The molecule has 2 heterocycles. The van der Waals surface area contributed by atoms with Gasteiger partial charge in [0.2, 0.25) is 0 Å². The molecule has 28 heavy (non-hydrogen) atoms. The predicted molar refractivity (Wildman–Crippen MR) is 119 cm³/mol. The van der Waals surface area contributed by atoms with Gasteiger partial charge in [-0.25, -0.2) is 0 Å². The van der Waals surface area contributed by atoms with Crippen LogP contribution in [0.15, 0.2) is 59.9 Å². The summed E-state index contributed by atoms with van der Waals surface area (Å²) >= 11 is 0. The van der Waals surface area contributed by atoms with Gasteiger partial charge in [0.15, 0.2) is 0 Å². The Balaban J connectivity index is 2.03. The third kappa shape index (κ3) is 4.63. The Morgan fingerprint density at radius 1 is 1.18 bits per heavy atom. The second-order valence-corrected chi connectivity index (χ2v) is 7.30. The summed E-state index contributed by atoms with van der Waals surface area (Å²) in [6, 6.07) is 14.4. The van der Waals surface area contributed by atoms with Gasteiger partial charge in [0.05, 0.1) is 11.2 Å². The van der Waals surface area contributed by atoms with E-state index in [1.807, 2.05) is 18.5 Å². The highest BCUT2D eigenvalue weighted by Crippen LogP contribution is 2.29. The molecule has 0 radical (unpaired) electrons. The van der Waals surface area contributed by atoms with E-state index in [0.29, 0.717) is 5.92 Å². The molecule has 0 amide bonds. The fourth-order valence-electron chi connectivity index (χ4n) is 3.06. The van der Waals surface area contributed by atoms with E-state index in [1.54, 1.807) is 6.20 Å². The monoisotopic (exact) mass is 372 g/mol. The maximum absolute atomic E-state index is 5.96. The number of hydrogen-bond acceptors (Lipinski definition) is 4. The van der Waals surface area contributed by atoms with Gasteiger partial charge in [-0.2, -0.15) is 0 Å². The van der Waals surface area contributed by atoms with Gasteiger partial charge >= 0.3 is 0 Å². The van der Waals surface area contributed by atoms with Crippen molar-refractivity contribution in [2.45, 2.75) is 33.6 Å². The van der Waals surface area contributed by atoms with E-state index in [9.17, 15) is 0 Å². The van der Waals surface area contributed by atoms with Gasteiger partial charge in [-0.3, -0.25) is 15.0 Å². The summed E-state index contributed by atoms with van der Waals surface area (Å²) in [5.41, 5.74) is 11.8. The van der Waals surface area contributed by atoms with Crippen LogP contribution in [0.3, 0.4) is 0 Å². The Morgan fingerprint density at radius 2 is 2.04 bits per heavy atom. The van der Waals surface area contributed by atoms with Crippen LogP contribution in [0.5, 0.6) is 0 Å². The number of aliphatic imine (C=N–C) groups is 1. The Kier molecular flexibility index (Phi) is 6.53. The van der Waals surface area contributed by atoms with E-state index in [0.717, 1.165) is 58.4 Å². The van der Waals surface area contributed by atoms with Crippen LogP contribution in [0.4, 0.5) is 0 Å². The molecule has 0 aliphatic carbocycles. The zero-order chi connectivity index (χ0) is 19.9. The minimum Gasteiger partial charge on any atom is -0.404 e. The van der Waals surface area contributed by atoms with Crippen molar-refractivity contribution in [3.8, 4) is 11.3 Å². The van der Waals surface area contributed by atoms with Crippen molar-refractivity contribution in [2.75, 3.05) is 6.54 Å². The topological polar surface area (TPSA) is 64.2 Å². The first kappa shape index (κ1) is 19.7. The number of nitrogens with two attached hydrogens (primary N) is 1. The second-order valence-electron chi connectivity index (χ2n) is 7.30. The summed E-state index contributed by atoms with van der Waals surface area (Å²) in [4.78, 5) is 14.0. The average Bonchev–Trinajstić information content (AvgIpc) is 2.73. The lowest BCUT2D eigenvalue weighted by Crippen LogP contribution is -2.00. The number of aryl methyl sites for hydroxylation is 1. The summed E-state index contributed by atoms with van der Waals surface area (Å²) in [6.07, 6.45) is 7.24. The SMILES string of the molecule is CCc1ccc(/C(C=NCCC(C)C)=C/N)c(-c2ccc3cccnc3c2)n1. The normalized spacial score (nSPS) is 12.4. The highest BCUT2D eigenvalue weighted by molar-refractivity contribution is 6.11. The molecule has 0 fully saturated rings. The second kappa shape index (κ2) is 9.27. The molecule has 0 spiro atoms. The largest absolute Gasteiger partial charge is 0.404 e. The van der Waals surface area contributed by atoms with Crippen LogP contribution in [0.25, 0.3) is 27.7 Å². The van der Waals surface area contributed by atoms with Gasteiger partial charge < -0.3 is 5.73 Å². The van der Waals surface area contributed by atoms with E-state index < -0.39 is 0 Å². The molecule has 0 aliphatic rings. The van der Waals surface area contributed by atoms with Crippen molar-refractivity contribution in [2.24, 2.45) is 16.6 Å². The van der Waals surface area contributed by atoms with Gasteiger partial charge in [-0.05, 0) is 37.0 Å². The molecule has 2 aromatic heterocycles. The molecule has 0 atom stereocenters. The molecule has 4 nitrogen and oxygen atoms in total. The molecule has 144 valence electrons. The number of pyridine rings is 2. The fraction of sp³-hybridized carbons (Fsp3) is 0.292. The molecule has 1 aromatic carbocycles. The van der Waals surface area contributed by atoms with Crippen LogP contribution in [-0.4, -0.2) is 22.7 Å². The van der Waals surface area contributed by atoms with E-state index in [-0.39, 0.29) is 0 Å². The van der Waals surface area contributed by atoms with Crippen molar-refractivity contribution in [3.63, 3.8) is 0 Å². The van der Waals surface area contributed by atoms with Crippen LogP contribution in [0.1, 0.15) is 38.4 Å². The van der Waals surface area contributed by atoms with Crippen molar-refractivity contribution < 1.29 is 0 Å². The van der Waals surface area contributed by atoms with Gasteiger partial charge in [-0.1, -0.05) is 45.0 Å². The first-order valence-corrected chi connectivity index (χ1v) is 9.89. The minimum atomic E-state index is 0.633. The quantitative estimate of drug-likeness (QED) is 0.574. The third-order valence-electron chi connectivity index (χ3n) is 4.75. The maximum atomic E-state index is 5.96. The van der Waals surface area contributed by atoms with Crippen LogP contribution in [0, 0.1) is 5.92 Å². The molecule has 3 aromatic rings. The first-order chi connectivity index (χ1) is 13.6. The number of hydrogen-bond donors (Lipinski definition) is 1. The standard InChI is InChI=1S/C24H28N4/c1-4-21-9-10-22(20(15-25)16-26-13-11-17(2)3)24(28-21)19-8-7-18-6-5-12-27-23(18)14-19/h5-10,12,14-17H,4,11,13,25H2,1-3H3/b20-15+,26-16?. The van der Waals surface area contributed by atoms with Gasteiger partial charge in [-0.15, -0.1) is 0 Å². The van der Waals surface area contributed by atoms with Gasteiger partial charge in [0, 0.05) is 52.9 Å². The van der Waals surface area contributed by atoms with Crippen LogP contribution < -0.4 is 5.73 Å². The number of allylic oxidation sites excluding steroid dienone is 1. The van der Waals surface area contributed by atoms with Crippen LogP contribution in [-0.2, 0) is 6.42 Å². The minimum absolute atomic E-state index is 0.633. The molecule has 3 rings (SSSR count). The summed E-state index contributed by atoms with van der Waals surface area (Å²) < 4.78 is 0. The van der Waals surface area contributed by atoms with E-state index >= 15 is 0 Å². The molecular formula is C24H28N4. The fourth-order valence-corrected chi connectivity index (χ4v) is 3.06. The number of rotatable bonds is 7. The number of fused-ring (bicyclic) bond motifs is 1. The Labute approximate surface area is 167 Å². The maximum Gasteiger partial charge on any atom is 0.0785 e. The molecule has 0 saturated carbocycles. The van der Waals surface area contributed by atoms with Crippen molar-refractivity contribution >= 4 is 22.7 Å². The van der Waals surface area contributed by atoms with E-state index in [4.69, 9.17) is 10.7 Å². The Morgan fingerprint density at radius 3 is 2.79 bits per heavy atom. The van der Waals surface area contributed by atoms with Crippen LogP contribution in [0.2, 0.25) is 0 Å². The first-order valence-electron chi connectivity index (χ1n) is 9.89. The number of benzene rings is 1. The number of aromatic nitrogens is 2. The molecule has 2 N–H and O–H groups in total. The average molecular weight is 373 g/mol. The number of nitrogens with zero attached hydrogens (tertiary/aromatic N) is 3. The predicted octanol–water partition coefficient (Wildman–Crippen LogP) is 5.28. The lowest BCUT2D eigenvalue weighted by molar-refractivity contribution is 0.598. The Hall–Kier alpha value is -3.01. The highest BCUT2D eigenvalue weighted by Gasteiger charge is 2.12. The van der Waals surface area contributed by atoms with Crippen molar-refractivity contribution in [3.05, 3.63) is 66.1 Å². The Bertz CT molecular complexity index is 1000. The summed E-state index contributed by atoms with van der Waals surface area (Å²) in [7, 11) is 0. The zero-order valence-corrected chi connectivity index (χ0v) is 16.9.